The number of allylic oxidation sites excluding steroid dienone is 2. The third kappa shape index (κ3) is 6.34. The van der Waals surface area contributed by atoms with Gasteiger partial charge in [-0.25, -0.2) is 0 Å². The molecule has 1 saturated heterocycles. The highest BCUT2D eigenvalue weighted by molar-refractivity contribution is 5.79. The summed E-state index contributed by atoms with van der Waals surface area (Å²) in [5.41, 5.74) is -0.276. The first kappa shape index (κ1) is 22.4. The summed E-state index contributed by atoms with van der Waals surface area (Å²) in [5, 5.41) is 2.71. The number of carbonyl (C=O) groups excluding carboxylic acids is 2. The highest BCUT2D eigenvalue weighted by Gasteiger charge is 2.30. The first-order valence-electron chi connectivity index (χ1n) is 10.7. The van der Waals surface area contributed by atoms with Crippen molar-refractivity contribution in [3.8, 4) is 0 Å². The smallest absolute Gasteiger partial charge is 0.352 e. The van der Waals surface area contributed by atoms with Crippen LogP contribution in [0.15, 0.2) is 36.4 Å². The van der Waals surface area contributed by atoms with Crippen LogP contribution in [-0.2, 0) is 22.3 Å². The van der Waals surface area contributed by atoms with Crippen LogP contribution in [-0.4, -0.2) is 29.8 Å². The monoisotopic (exact) mass is 422 g/mol. The molecule has 4 nitrogen and oxygen atoms in total. The zero-order valence-electron chi connectivity index (χ0n) is 17.1. The van der Waals surface area contributed by atoms with Crippen LogP contribution in [0.3, 0.4) is 0 Å². The van der Waals surface area contributed by atoms with E-state index < -0.39 is 11.7 Å². The van der Waals surface area contributed by atoms with Gasteiger partial charge in [0.2, 0.25) is 11.8 Å². The van der Waals surface area contributed by atoms with Gasteiger partial charge in [-0.2, -0.15) is 13.2 Å². The van der Waals surface area contributed by atoms with Crippen LogP contribution >= 0.6 is 0 Å². The Bertz CT molecular complexity index is 768. The van der Waals surface area contributed by atoms with Crippen molar-refractivity contribution in [1.82, 2.24) is 10.2 Å². The lowest BCUT2D eigenvalue weighted by Gasteiger charge is -2.34. The second-order valence-electron chi connectivity index (χ2n) is 8.26. The van der Waals surface area contributed by atoms with E-state index >= 15 is 0 Å². The van der Waals surface area contributed by atoms with Crippen molar-refractivity contribution in [2.75, 3.05) is 13.1 Å². The lowest BCUT2D eigenvalue weighted by molar-refractivity contribution is -0.138. The van der Waals surface area contributed by atoms with Gasteiger partial charge in [-0.3, -0.25) is 9.59 Å². The summed E-state index contributed by atoms with van der Waals surface area (Å²) < 4.78 is 38.3. The molecule has 1 aromatic carbocycles. The first-order chi connectivity index (χ1) is 14.3. The first-order valence-corrected chi connectivity index (χ1v) is 10.7. The molecule has 1 aliphatic carbocycles. The molecule has 0 saturated carbocycles. The van der Waals surface area contributed by atoms with Crippen LogP contribution in [0, 0.1) is 11.8 Å². The number of alkyl halides is 3. The molecule has 1 aromatic rings. The zero-order chi connectivity index (χ0) is 21.6. The highest BCUT2D eigenvalue weighted by Crippen LogP contribution is 2.29. The fourth-order valence-corrected chi connectivity index (χ4v) is 4.20. The number of benzene rings is 1. The molecular weight excluding hydrogens is 393 g/mol. The van der Waals surface area contributed by atoms with Crippen molar-refractivity contribution in [2.24, 2.45) is 11.8 Å². The van der Waals surface area contributed by atoms with Crippen molar-refractivity contribution in [1.29, 1.82) is 0 Å². The molecule has 0 aromatic heterocycles. The zero-order valence-corrected chi connectivity index (χ0v) is 17.1. The molecule has 1 atom stereocenters. The van der Waals surface area contributed by atoms with Gasteiger partial charge in [0, 0.05) is 32.0 Å². The minimum atomic E-state index is -4.38. The Balaban J connectivity index is 1.36. The molecule has 0 unspecified atom stereocenters. The summed E-state index contributed by atoms with van der Waals surface area (Å²) in [6.45, 7) is 1.58. The topological polar surface area (TPSA) is 49.4 Å². The SMILES string of the molecule is O=C(CCC1CCN(C(=O)[C@H]2CC=CCC2)CC1)NCc1cccc(C(F)(F)F)c1. The molecule has 164 valence electrons. The van der Waals surface area contributed by atoms with Gasteiger partial charge in [0.25, 0.3) is 0 Å². The summed E-state index contributed by atoms with van der Waals surface area (Å²) in [5.74, 6) is 0.629. The van der Waals surface area contributed by atoms with Gasteiger partial charge in [0.05, 0.1) is 5.56 Å². The fraction of sp³-hybridized carbons (Fsp3) is 0.565. The van der Waals surface area contributed by atoms with Gasteiger partial charge >= 0.3 is 6.18 Å². The average Bonchev–Trinajstić information content (AvgIpc) is 2.76. The van der Waals surface area contributed by atoms with Gasteiger partial charge in [0.15, 0.2) is 0 Å². The van der Waals surface area contributed by atoms with Crippen LogP contribution in [0.2, 0.25) is 0 Å². The largest absolute Gasteiger partial charge is 0.416 e. The Kier molecular flexibility index (Phi) is 7.56. The van der Waals surface area contributed by atoms with E-state index in [1.165, 1.54) is 6.07 Å². The van der Waals surface area contributed by atoms with Crippen LogP contribution < -0.4 is 5.32 Å². The van der Waals surface area contributed by atoms with E-state index in [1.54, 1.807) is 6.07 Å². The van der Waals surface area contributed by atoms with E-state index in [4.69, 9.17) is 0 Å². The molecule has 0 spiro atoms. The molecule has 1 heterocycles. The Hall–Kier alpha value is -2.31. The Morgan fingerprint density at radius 1 is 1.10 bits per heavy atom. The summed E-state index contributed by atoms with van der Waals surface area (Å²) in [6, 6.07) is 5.01. The Labute approximate surface area is 175 Å². The normalized spacial score (nSPS) is 20.2. The molecule has 2 amide bonds. The number of hydrogen-bond donors (Lipinski definition) is 1. The van der Waals surface area contributed by atoms with Crippen molar-refractivity contribution in [3.05, 3.63) is 47.5 Å². The van der Waals surface area contributed by atoms with E-state index in [-0.39, 0.29) is 24.3 Å². The number of hydrogen-bond acceptors (Lipinski definition) is 2. The highest BCUT2D eigenvalue weighted by atomic mass is 19.4. The number of nitrogens with one attached hydrogen (secondary N) is 1. The standard InChI is InChI=1S/C23H29F3N2O2/c24-23(25,26)20-8-4-5-18(15-20)16-27-21(29)10-9-17-11-13-28(14-12-17)22(30)19-6-2-1-3-7-19/h1-2,4-5,8,15,17,19H,3,6-7,9-14,16H2,(H,27,29)/t19-/m0/s1. The van der Waals surface area contributed by atoms with Crippen molar-refractivity contribution in [2.45, 2.75) is 57.7 Å². The quantitative estimate of drug-likeness (QED) is 0.676. The number of nitrogens with zero attached hydrogens (tertiary/aromatic N) is 1. The van der Waals surface area contributed by atoms with Crippen LogP contribution in [0.4, 0.5) is 13.2 Å². The third-order valence-corrected chi connectivity index (χ3v) is 6.07. The number of likely N-dealkylation sites (tertiary alicyclic amines) is 1. The molecule has 7 heteroatoms. The van der Waals surface area contributed by atoms with E-state index in [9.17, 15) is 22.8 Å². The Morgan fingerprint density at radius 2 is 1.87 bits per heavy atom. The van der Waals surface area contributed by atoms with Crippen LogP contribution in [0.5, 0.6) is 0 Å². The summed E-state index contributed by atoms with van der Waals surface area (Å²) in [7, 11) is 0. The van der Waals surface area contributed by atoms with E-state index in [0.717, 1.165) is 63.7 Å². The fourth-order valence-electron chi connectivity index (χ4n) is 4.20. The summed E-state index contributed by atoms with van der Waals surface area (Å²) in [6.07, 6.45) is 5.47. The number of carbonyl (C=O) groups is 2. The molecule has 1 aliphatic heterocycles. The van der Waals surface area contributed by atoms with Crippen molar-refractivity contribution >= 4 is 11.8 Å². The van der Waals surface area contributed by atoms with E-state index in [1.807, 2.05) is 4.90 Å². The van der Waals surface area contributed by atoms with Crippen LogP contribution in [0.1, 0.15) is 56.1 Å². The molecular formula is C23H29F3N2O2. The molecule has 3 rings (SSSR count). The minimum absolute atomic E-state index is 0.0888. The molecule has 30 heavy (non-hydrogen) atoms. The maximum atomic E-state index is 12.8. The number of piperidine rings is 1. The number of amides is 2. The minimum Gasteiger partial charge on any atom is -0.352 e. The maximum Gasteiger partial charge on any atom is 0.416 e. The molecule has 1 N–H and O–H groups in total. The second-order valence-corrected chi connectivity index (χ2v) is 8.26. The van der Waals surface area contributed by atoms with E-state index in [0.29, 0.717) is 17.9 Å². The van der Waals surface area contributed by atoms with Gasteiger partial charge in [-0.05, 0) is 62.1 Å². The molecule has 0 bridgehead atoms. The lowest BCUT2D eigenvalue weighted by Crippen LogP contribution is -2.42. The predicted molar refractivity (Wildman–Crippen MR) is 108 cm³/mol. The van der Waals surface area contributed by atoms with Gasteiger partial charge in [0.1, 0.15) is 0 Å². The number of rotatable bonds is 6. The lowest BCUT2D eigenvalue weighted by atomic mass is 9.89. The van der Waals surface area contributed by atoms with Gasteiger partial charge in [-0.15, -0.1) is 0 Å². The molecule has 0 radical (unpaired) electrons. The van der Waals surface area contributed by atoms with Crippen molar-refractivity contribution < 1.29 is 22.8 Å². The molecule has 2 aliphatic rings. The van der Waals surface area contributed by atoms with Gasteiger partial charge in [-0.1, -0.05) is 24.3 Å². The number of halogens is 3. The Morgan fingerprint density at radius 3 is 2.53 bits per heavy atom. The predicted octanol–water partition coefficient (Wildman–Crippen LogP) is 4.70. The maximum absolute atomic E-state index is 12.8. The third-order valence-electron chi connectivity index (χ3n) is 6.07. The molecule has 1 fully saturated rings. The summed E-state index contributed by atoms with van der Waals surface area (Å²) in [4.78, 5) is 26.7. The average molecular weight is 422 g/mol. The van der Waals surface area contributed by atoms with Gasteiger partial charge < -0.3 is 10.2 Å². The second kappa shape index (κ2) is 10.1. The van der Waals surface area contributed by atoms with Crippen LogP contribution in [0.25, 0.3) is 0 Å². The van der Waals surface area contributed by atoms with Crippen molar-refractivity contribution in [3.63, 3.8) is 0 Å². The van der Waals surface area contributed by atoms with E-state index in [2.05, 4.69) is 17.5 Å². The summed E-state index contributed by atoms with van der Waals surface area (Å²) >= 11 is 0.